The number of carbonyl (C=O) groups excluding carboxylic acids is 1. The molecule has 2 heterocycles. The summed E-state index contributed by atoms with van der Waals surface area (Å²) in [5, 5.41) is 4.14. The lowest BCUT2D eigenvalue weighted by Crippen LogP contribution is -2.26. The number of aryl methyl sites for hydroxylation is 1. The minimum Gasteiger partial charge on any atom is -0.493 e. The molecule has 1 aliphatic rings. The zero-order chi connectivity index (χ0) is 22.3. The minimum atomic E-state index is -0.0745. The van der Waals surface area contributed by atoms with Crippen LogP contribution in [0.3, 0.4) is 0 Å². The Hall–Kier alpha value is -3.35. The standard InChI is InChI=1S/C25H29N3O4/c1-3-14-31-21-12-11-19(15-22(21)30-2)24-26-25(32-27-24)20-16-23(29)28(17-20)13-7-10-18-8-5-4-6-9-18/h4-6,8-9,11-12,15,20H,3,7,10,13-14,16-17H2,1-2H3. The zero-order valence-corrected chi connectivity index (χ0v) is 18.6. The van der Waals surface area contributed by atoms with E-state index >= 15 is 0 Å². The number of likely N-dealkylation sites (tertiary alicyclic amines) is 1. The highest BCUT2D eigenvalue weighted by molar-refractivity contribution is 5.79. The van der Waals surface area contributed by atoms with E-state index in [1.165, 1.54) is 5.56 Å². The van der Waals surface area contributed by atoms with Crippen LogP contribution < -0.4 is 9.47 Å². The molecule has 0 aliphatic carbocycles. The monoisotopic (exact) mass is 435 g/mol. The van der Waals surface area contributed by atoms with Crippen molar-refractivity contribution < 1.29 is 18.8 Å². The molecule has 1 aromatic heterocycles. The van der Waals surface area contributed by atoms with Crippen LogP contribution >= 0.6 is 0 Å². The molecular formula is C25H29N3O4. The second-order valence-corrected chi connectivity index (χ2v) is 8.00. The van der Waals surface area contributed by atoms with Crippen molar-refractivity contribution in [2.24, 2.45) is 0 Å². The Balaban J connectivity index is 1.37. The number of methoxy groups -OCH3 is 1. The van der Waals surface area contributed by atoms with E-state index in [1.807, 2.05) is 41.3 Å². The summed E-state index contributed by atoms with van der Waals surface area (Å²) < 4.78 is 16.7. The molecule has 1 atom stereocenters. The van der Waals surface area contributed by atoms with Crippen molar-refractivity contribution in [2.45, 2.75) is 38.5 Å². The summed E-state index contributed by atoms with van der Waals surface area (Å²) in [7, 11) is 1.61. The molecule has 1 saturated heterocycles. The lowest BCUT2D eigenvalue weighted by Gasteiger charge is -2.15. The fourth-order valence-corrected chi connectivity index (χ4v) is 3.93. The molecule has 1 aliphatic heterocycles. The van der Waals surface area contributed by atoms with E-state index in [0.717, 1.165) is 31.4 Å². The van der Waals surface area contributed by atoms with Crippen LogP contribution in [0.25, 0.3) is 11.4 Å². The van der Waals surface area contributed by atoms with Gasteiger partial charge in [0.05, 0.1) is 19.6 Å². The van der Waals surface area contributed by atoms with Crippen LogP contribution in [0, 0.1) is 0 Å². The van der Waals surface area contributed by atoms with Crippen LogP contribution in [0.5, 0.6) is 11.5 Å². The topological polar surface area (TPSA) is 77.7 Å². The molecule has 2 aromatic carbocycles. The lowest BCUT2D eigenvalue weighted by atomic mass is 10.1. The Morgan fingerprint density at radius 1 is 1.16 bits per heavy atom. The first kappa shape index (κ1) is 21.9. The summed E-state index contributed by atoms with van der Waals surface area (Å²) >= 11 is 0. The molecule has 0 radical (unpaired) electrons. The SMILES string of the molecule is CCCOc1ccc(-c2noc(C3CC(=O)N(CCCc4ccccc4)C3)n2)cc1OC. The number of hydrogen-bond donors (Lipinski definition) is 0. The molecule has 7 heteroatoms. The van der Waals surface area contributed by atoms with Gasteiger partial charge in [0.15, 0.2) is 11.5 Å². The van der Waals surface area contributed by atoms with Gasteiger partial charge in [-0.3, -0.25) is 4.79 Å². The molecule has 1 fully saturated rings. The fraction of sp³-hybridized carbons (Fsp3) is 0.400. The third kappa shape index (κ3) is 5.10. The number of ether oxygens (including phenoxy) is 2. The lowest BCUT2D eigenvalue weighted by molar-refractivity contribution is -0.127. The highest BCUT2D eigenvalue weighted by atomic mass is 16.5. The molecule has 0 saturated carbocycles. The van der Waals surface area contributed by atoms with Crippen molar-refractivity contribution in [3.05, 3.63) is 60.0 Å². The summed E-state index contributed by atoms with van der Waals surface area (Å²) in [5.41, 5.74) is 2.07. The number of hydrogen-bond acceptors (Lipinski definition) is 6. The average molecular weight is 436 g/mol. The summed E-state index contributed by atoms with van der Waals surface area (Å²) in [5.74, 6) is 2.37. The number of amides is 1. The minimum absolute atomic E-state index is 0.0745. The Labute approximate surface area is 188 Å². The summed E-state index contributed by atoms with van der Waals surface area (Å²) in [4.78, 5) is 19.0. The summed E-state index contributed by atoms with van der Waals surface area (Å²) in [6.45, 7) is 4.03. The van der Waals surface area contributed by atoms with Gasteiger partial charge < -0.3 is 18.9 Å². The van der Waals surface area contributed by atoms with Gasteiger partial charge in [-0.2, -0.15) is 4.98 Å². The van der Waals surface area contributed by atoms with Crippen molar-refractivity contribution in [1.29, 1.82) is 0 Å². The van der Waals surface area contributed by atoms with E-state index in [0.29, 0.717) is 42.8 Å². The first-order chi connectivity index (χ1) is 15.7. The van der Waals surface area contributed by atoms with Gasteiger partial charge in [-0.1, -0.05) is 42.4 Å². The molecular weight excluding hydrogens is 406 g/mol. The molecule has 0 bridgehead atoms. The third-order valence-electron chi connectivity index (χ3n) is 5.63. The molecule has 0 spiro atoms. The van der Waals surface area contributed by atoms with Crippen molar-refractivity contribution in [3.63, 3.8) is 0 Å². The van der Waals surface area contributed by atoms with Gasteiger partial charge in [-0.25, -0.2) is 0 Å². The van der Waals surface area contributed by atoms with Crippen LogP contribution in [-0.4, -0.2) is 47.8 Å². The van der Waals surface area contributed by atoms with Crippen molar-refractivity contribution in [3.8, 4) is 22.9 Å². The van der Waals surface area contributed by atoms with Gasteiger partial charge in [0, 0.05) is 25.1 Å². The van der Waals surface area contributed by atoms with Crippen LogP contribution in [0.15, 0.2) is 53.1 Å². The Morgan fingerprint density at radius 3 is 2.78 bits per heavy atom. The summed E-state index contributed by atoms with van der Waals surface area (Å²) in [6.07, 6.45) is 3.21. The van der Waals surface area contributed by atoms with Crippen molar-refractivity contribution in [2.75, 3.05) is 26.8 Å². The van der Waals surface area contributed by atoms with E-state index in [-0.39, 0.29) is 11.8 Å². The highest BCUT2D eigenvalue weighted by Gasteiger charge is 2.34. The second-order valence-electron chi connectivity index (χ2n) is 8.00. The van der Waals surface area contributed by atoms with E-state index in [1.54, 1.807) is 7.11 Å². The predicted molar refractivity (Wildman–Crippen MR) is 121 cm³/mol. The molecule has 1 unspecified atom stereocenters. The fourth-order valence-electron chi connectivity index (χ4n) is 3.93. The molecule has 0 N–H and O–H groups in total. The maximum absolute atomic E-state index is 12.5. The number of carbonyl (C=O) groups is 1. The van der Waals surface area contributed by atoms with Crippen molar-refractivity contribution in [1.82, 2.24) is 15.0 Å². The second kappa shape index (κ2) is 10.3. The molecule has 3 aromatic rings. The van der Waals surface area contributed by atoms with Crippen LogP contribution in [0.4, 0.5) is 0 Å². The maximum Gasteiger partial charge on any atom is 0.232 e. The Bertz CT molecular complexity index is 1030. The molecule has 7 nitrogen and oxygen atoms in total. The van der Waals surface area contributed by atoms with Crippen LogP contribution in [-0.2, 0) is 11.2 Å². The maximum atomic E-state index is 12.5. The quantitative estimate of drug-likeness (QED) is 0.467. The zero-order valence-electron chi connectivity index (χ0n) is 18.6. The summed E-state index contributed by atoms with van der Waals surface area (Å²) in [6, 6.07) is 15.9. The van der Waals surface area contributed by atoms with Gasteiger partial charge in [0.2, 0.25) is 17.6 Å². The average Bonchev–Trinajstić information content (AvgIpc) is 3.45. The predicted octanol–water partition coefficient (Wildman–Crippen LogP) is 4.48. The van der Waals surface area contributed by atoms with E-state index < -0.39 is 0 Å². The smallest absolute Gasteiger partial charge is 0.232 e. The largest absolute Gasteiger partial charge is 0.493 e. The first-order valence-corrected chi connectivity index (χ1v) is 11.1. The normalized spacial score (nSPS) is 15.9. The number of nitrogens with zero attached hydrogens (tertiary/aromatic N) is 3. The first-order valence-electron chi connectivity index (χ1n) is 11.1. The van der Waals surface area contributed by atoms with E-state index in [4.69, 9.17) is 14.0 Å². The molecule has 32 heavy (non-hydrogen) atoms. The van der Waals surface area contributed by atoms with Gasteiger partial charge >= 0.3 is 0 Å². The van der Waals surface area contributed by atoms with Crippen LogP contribution in [0.2, 0.25) is 0 Å². The molecule has 1 amide bonds. The Kier molecular flexibility index (Phi) is 7.04. The van der Waals surface area contributed by atoms with Crippen molar-refractivity contribution >= 4 is 5.91 Å². The van der Waals surface area contributed by atoms with Crippen LogP contribution in [0.1, 0.15) is 43.6 Å². The van der Waals surface area contributed by atoms with Gasteiger partial charge in [-0.05, 0) is 43.0 Å². The van der Waals surface area contributed by atoms with Gasteiger partial charge in [0.1, 0.15) is 0 Å². The van der Waals surface area contributed by atoms with Gasteiger partial charge in [0.25, 0.3) is 0 Å². The number of benzene rings is 2. The Morgan fingerprint density at radius 2 is 2.00 bits per heavy atom. The third-order valence-corrected chi connectivity index (χ3v) is 5.63. The van der Waals surface area contributed by atoms with E-state index in [9.17, 15) is 4.79 Å². The van der Waals surface area contributed by atoms with E-state index in [2.05, 4.69) is 29.2 Å². The molecule has 4 rings (SSSR count). The number of aromatic nitrogens is 2. The van der Waals surface area contributed by atoms with Gasteiger partial charge in [-0.15, -0.1) is 0 Å². The highest BCUT2D eigenvalue weighted by Crippen LogP contribution is 2.33. The molecule has 168 valence electrons. The number of rotatable bonds is 10.